The SMILES string of the molecule is COC(=O)CCCn1c(C)nc2sc3c(c2c1=O)CCC3. The summed E-state index contributed by atoms with van der Waals surface area (Å²) in [7, 11) is 1.38. The van der Waals surface area contributed by atoms with Gasteiger partial charge in [-0.25, -0.2) is 4.98 Å². The molecule has 2 aromatic rings. The van der Waals surface area contributed by atoms with E-state index in [1.807, 2.05) is 6.92 Å². The Balaban J connectivity index is 1.95. The molecule has 112 valence electrons. The maximum atomic E-state index is 12.7. The van der Waals surface area contributed by atoms with Crippen LogP contribution in [0.2, 0.25) is 0 Å². The maximum absolute atomic E-state index is 12.7. The van der Waals surface area contributed by atoms with Gasteiger partial charge >= 0.3 is 5.97 Å². The molecule has 2 heterocycles. The van der Waals surface area contributed by atoms with Gasteiger partial charge in [-0.1, -0.05) is 0 Å². The first-order chi connectivity index (χ1) is 10.1. The first-order valence-electron chi connectivity index (χ1n) is 7.20. The Kier molecular flexibility index (Phi) is 3.80. The number of aromatic nitrogens is 2. The third-order valence-electron chi connectivity index (χ3n) is 4.01. The Morgan fingerprint density at radius 3 is 3.00 bits per heavy atom. The normalized spacial score (nSPS) is 13.6. The van der Waals surface area contributed by atoms with Crippen molar-refractivity contribution in [2.24, 2.45) is 0 Å². The fourth-order valence-electron chi connectivity index (χ4n) is 2.93. The molecule has 0 bridgehead atoms. The van der Waals surface area contributed by atoms with E-state index >= 15 is 0 Å². The standard InChI is InChI=1S/C15H18N2O3S/c1-9-16-14-13(10-5-3-6-11(10)21-14)15(19)17(9)8-4-7-12(18)20-2/h3-8H2,1-2H3. The van der Waals surface area contributed by atoms with Crippen molar-refractivity contribution in [2.75, 3.05) is 7.11 Å². The van der Waals surface area contributed by atoms with Gasteiger partial charge in [-0.3, -0.25) is 14.2 Å². The topological polar surface area (TPSA) is 61.2 Å². The van der Waals surface area contributed by atoms with Crippen molar-refractivity contribution < 1.29 is 9.53 Å². The molecular formula is C15H18N2O3S. The van der Waals surface area contributed by atoms with Gasteiger partial charge < -0.3 is 4.74 Å². The van der Waals surface area contributed by atoms with Crippen LogP contribution in [0.15, 0.2) is 4.79 Å². The summed E-state index contributed by atoms with van der Waals surface area (Å²) in [5.74, 6) is 0.475. The van der Waals surface area contributed by atoms with Gasteiger partial charge in [0.05, 0.1) is 12.5 Å². The molecule has 2 aromatic heterocycles. The van der Waals surface area contributed by atoms with E-state index in [0.717, 1.165) is 35.3 Å². The average molecular weight is 306 g/mol. The molecule has 0 fully saturated rings. The Morgan fingerprint density at radius 2 is 2.24 bits per heavy atom. The van der Waals surface area contributed by atoms with Crippen LogP contribution in [0.3, 0.4) is 0 Å². The van der Waals surface area contributed by atoms with Crippen LogP contribution in [0.5, 0.6) is 0 Å². The second-order valence-electron chi connectivity index (χ2n) is 5.33. The molecule has 21 heavy (non-hydrogen) atoms. The van der Waals surface area contributed by atoms with Gasteiger partial charge in [-0.2, -0.15) is 0 Å². The number of fused-ring (bicyclic) bond motifs is 3. The molecule has 3 rings (SSSR count). The lowest BCUT2D eigenvalue weighted by atomic mass is 10.2. The minimum absolute atomic E-state index is 0.0433. The molecule has 0 aromatic carbocycles. The fourth-order valence-corrected chi connectivity index (χ4v) is 4.22. The summed E-state index contributed by atoms with van der Waals surface area (Å²) < 4.78 is 6.32. The van der Waals surface area contributed by atoms with Gasteiger partial charge in [0.1, 0.15) is 10.7 Å². The zero-order valence-electron chi connectivity index (χ0n) is 12.3. The minimum atomic E-state index is -0.244. The number of carbonyl (C=O) groups is 1. The van der Waals surface area contributed by atoms with Gasteiger partial charge in [0.15, 0.2) is 0 Å². The molecule has 0 aliphatic heterocycles. The first kappa shape index (κ1) is 14.3. The molecule has 0 N–H and O–H groups in total. The number of rotatable bonds is 4. The van der Waals surface area contributed by atoms with Crippen LogP contribution in [0.25, 0.3) is 10.2 Å². The van der Waals surface area contributed by atoms with E-state index < -0.39 is 0 Å². The highest BCUT2D eigenvalue weighted by Gasteiger charge is 2.22. The summed E-state index contributed by atoms with van der Waals surface area (Å²) in [5, 5.41) is 0.802. The Bertz CT molecular complexity index is 760. The van der Waals surface area contributed by atoms with Crippen molar-refractivity contribution in [2.45, 2.75) is 45.6 Å². The summed E-state index contributed by atoms with van der Waals surface area (Å²) in [4.78, 5) is 30.7. The molecule has 0 radical (unpaired) electrons. The van der Waals surface area contributed by atoms with Gasteiger partial charge in [0.2, 0.25) is 0 Å². The predicted octanol–water partition coefficient (Wildman–Crippen LogP) is 2.21. The van der Waals surface area contributed by atoms with Crippen molar-refractivity contribution >= 4 is 27.5 Å². The number of ether oxygens (including phenoxy) is 1. The number of thiophene rings is 1. The van der Waals surface area contributed by atoms with Gasteiger partial charge in [-0.15, -0.1) is 11.3 Å². The highest BCUT2D eigenvalue weighted by atomic mass is 32.1. The van der Waals surface area contributed by atoms with Crippen LogP contribution in [-0.2, 0) is 28.9 Å². The van der Waals surface area contributed by atoms with E-state index in [1.54, 1.807) is 15.9 Å². The van der Waals surface area contributed by atoms with Crippen molar-refractivity contribution in [1.29, 1.82) is 0 Å². The van der Waals surface area contributed by atoms with Crippen LogP contribution >= 0.6 is 11.3 Å². The number of hydrogen-bond acceptors (Lipinski definition) is 5. The zero-order valence-corrected chi connectivity index (χ0v) is 13.1. The van der Waals surface area contributed by atoms with E-state index in [1.165, 1.54) is 17.6 Å². The number of hydrogen-bond donors (Lipinski definition) is 0. The lowest BCUT2D eigenvalue weighted by Gasteiger charge is -2.09. The molecule has 0 spiro atoms. The Morgan fingerprint density at radius 1 is 1.43 bits per heavy atom. The number of esters is 1. The molecule has 1 aliphatic carbocycles. The predicted molar refractivity (Wildman–Crippen MR) is 81.9 cm³/mol. The summed E-state index contributed by atoms with van der Waals surface area (Å²) >= 11 is 1.66. The molecule has 0 unspecified atom stereocenters. The summed E-state index contributed by atoms with van der Waals surface area (Å²) in [6, 6.07) is 0. The van der Waals surface area contributed by atoms with E-state index in [0.29, 0.717) is 19.4 Å². The number of aryl methyl sites for hydroxylation is 3. The molecule has 6 heteroatoms. The Hall–Kier alpha value is -1.69. The first-order valence-corrected chi connectivity index (χ1v) is 8.02. The van der Waals surface area contributed by atoms with Crippen LogP contribution in [0.4, 0.5) is 0 Å². The lowest BCUT2D eigenvalue weighted by Crippen LogP contribution is -2.24. The van der Waals surface area contributed by atoms with Gasteiger partial charge in [0, 0.05) is 17.8 Å². The van der Waals surface area contributed by atoms with Gasteiger partial charge in [0.25, 0.3) is 5.56 Å². The molecule has 0 atom stereocenters. The third kappa shape index (κ3) is 2.48. The van der Waals surface area contributed by atoms with Gasteiger partial charge in [-0.05, 0) is 38.2 Å². The van der Waals surface area contributed by atoms with E-state index in [2.05, 4.69) is 9.72 Å². The molecule has 0 saturated carbocycles. The van der Waals surface area contributed by atoms with E-state index in [-0.39, 0.29) is 11.5 Å². The van der Waals surface area contributed by atoms with Crippen LogP contribution in [-0.4, -0.2) is 22.6 Å². The minimum Gasteiger partial charge on any atom is -0.469 e. The second-order valence-corrected chi connectivity index (χ2v) is 6.42. The largest absolute Gasteiger partial charge is 0.469 e. The fraction of sp³-hybridized carbons (Fsp3) is 0.533. The van der Waals surface area contributed by atoms with E-state index in [9.17, 15) is 9.59 Å². The lowest BCUT2D eigenvalue weighted by molar-refractivity contribution is -0.140. The molecule has 0 amide bonds. The van der Waals surface area contributed by atoms with Crippen LogP contribution in [0.1, 0.15) is 35.5 Å². The van der Waals surface area contributed by atoms with Crippen molar-refractivity contribution in [3.05, 3.63) is 26.6 Å². The summed E-state index contributed by atoms with van der Waals surface area (Å²) in [6.07, 6.45) is 4.09. The summed E-state index contributed by atoms with van der Waals surface area (Å²) in [5.41, 5.74) is 1.25. The quantitative estimate of drug-likeness (QED) is 0.813. The van der Waals surface area contributed by atoms with Crippen molar-refractivity contribution in [1.82, 2.24) is 9.55 Å². The molecule has 0 saturated heterocycles. The van der Waals surface area contributed by atoms with Crippen LogP contribution < -0.4 is 5.56 Å². The molecule has 5 nitrogen and oxygen atoms in total. The maximum Gasteiger partial charge on any atom is 0.305 e. The van der Waals surface area contributed by atoms with Crippen LogP contribution in [0, 0.1) is 6.92 Å². The molecule has 1 aliphatic rings. The highest BCUT2D eigenvalue weighted by molar-refractivity contribution is 7.18. The number of nitrogens with zero attached hydrogens (tertiary/aromatic N) is 2. The second kappa shape index (κ2) is 5.60. The zero-order chi connectivity index (χ0) is 15.0. The average Bonchev–Trinajstić information content (AvgIpc) is 3.02. The third-order valence-corrected chi connectivity index (χ3v) is 5.19. The van der Waals surface area contributed by atoms with Crippen molar-refractivity contribution in [3.63, 3.8) is 0 Å². The molecular weight excluding hydrogens is 288 g/mol. The van der Waals surface area contributed by atoms with E-state index in [4.69, 9.17) is 0 Å². The smallest absolute Gasteiger partial charge is 0.305 e. The number of carbonyl (C=O) groups excluding carboxylic acids is 1. The highest BCUT2D eigenvalue weighted by Crippen LogP contribution is 2.34. The summed E-state index contributed by atoms with van der Waals surface area (Å²) in [6.45, 7) is 2.36. The van der Waals surface area contributed by atoms with Crippen molar-refractivity contribution in [3.8, 4) is 0 Å². The number of methoxy groups -OCH3 is 1. The Labute approximate surface area is 126 Å². The monoisotopic (exact) mass is 306 g/mol.